The molecule has 106 valence electrons. The summed E-state index contributed by atoms with van der Waals surface area (Å²) < 4.78 is 1.86. The summed E-state index contributed by atoms with van der Waals surface area (Å²) in [7, 11) is 1.95. The van der Waals surface area contributed by atoms with Crippen LogP contribution in [0.1, 0.15) is 38.4 Å². The highest BCUT2D eigenvalue weighted by molar-refractivity contribution is 5.59. The molecule has 3 rings (SSSR count). The average Bonchev–Trinajstić information content (AvgIpc) is 2.79. The third kappa shape index (κ3) is 2.09. The smallest absolute Gasteiger partial charge is 0.0777 e. The van der Waals surface area contributed by atoms with Crippen molar-refractivity contribution < 1.29 is 0 Å². The van der Waals surface area contributed by atoms with Crippen LogP contribution in [0.15, 0.2) is 30.5 Å². The van der Waals surface area contributed by atoms with E-state index in [0.717, 1.165) is 18.7 Å². The Labute approximate surface area is 120 Å². The quantitative estimate of drug-likeness (QED) is 0.841. The van der Waals surface area contributed by atoms with Gasteiger partial charge in [-0.05, 0) is 30.4 Å². The van der Waals surface area contributed by atoms with Gasteiger partial charge in [0.25, 0.3) is 0 Å². The minimum atomic E-state index is 0.233. The van der Waals surface area contributed by atoms with E-state index in [4.69, 9.17) is 0 Å². The lowest BCUT2D eigenvalue weighted by atomic mass is 9.75. The zero-order valence-electron chi connectivity index (χ0n) is 12.7. The lowest BCUT2D eigenvalue weighted by molar-refractivity contribution is 0.391. The van der Waals surface area contributed by atoms with Crippen molar-refractivity contribution in [2.24, 2.45) is 7.05 Å². The molecule has 0 saturated carbocycles. The van der Waals surface area contributed by atoms with Gasteiger partial charge in [0.1, 0.15) is 0 Å². The van der Waals surface area contributed by atoms with Gasteiger partial charge < -0.3 is 4.90 Å². The first-order valence-electron chi connectivity index (χ1n) is 7.19. The van der Waals surface area contributed by atoms with Gasteiger partial charge in [-0.2, -0.15) is 0 Å². The number of fused-ring (bicyclic) bond motifs is 1. The number of para-hydroxylation sites is 1. The van der Waals surface area contributed by atoms with Crippen molar-refractivity contribution >= 4 is 5.69 Å². The van der Waals surface area contributed by atoms with Gasteiger partial charge in [0.2, 0.25) is 0 Å². The van der Waals surface area contributed by atoms with Crippen molar-refractivity contribution in [2.45, 2.75) is 45.2 Å². The van der Waals surface area contributed by atoms with Crippen LogP contribution in [0.4, 0.5) is 5.69 Å². The number of benzene rings is 1. The molecule has 0 saturated heterocycles. The van der Waals surface area contributed by atoms with E-state index in [9.17, 15) is 0 Å². The lowest BCUT2D eigenvalue weighted by Crippen LogP contribution is -2.43. The van der Waals surface area contributed by atoms with E-state index in [0.29, 0.717) is 6.04 Å². The van der Waals surface area contributed by atoms with Crippen molar-refractivity contribution in [1.29, 1.82) is 0 Å². The van der Waals surface area contributed by atoms with E-state index >= 15 is 0 Å². The number of aromatic nitrogens is 3. The number of aryl methyl sites for hydroxylation is 1. The zero-order valence-corrected chi connectivity index (χ0v) is 12.7. The van der Waals surface area contributed by atoms with Crippen LogP contribution >= 0.6 is 0 Å². The molecule has 0 spiro atoms. The van der Waals surface area contributed by atoms with Crippen molar-refractivity contribution in [2.75, 3.05) is 4.90 Å². The Morgan fingerprint density at radius 2 is 2.05 bits per heavy atom. The van der Waals surface area contributed by atoms with Gasteiger partial charge in [-0.15, -0.1) is 5.10 Å². The van der Waals surface area contributed by atoms with Gasteiger partial charge in [0, 0.05) is 18.8 Å². The van der Waals surface area contributed by atoms with Crippen LogP contribution in [0, 0.1) is 0 Å². The number of hydrogen-bond donors (Lipinski definition) is 0. The molecule has 0 amide bonds. The molecule has 0 aliphatic carbocycles. The third-order valence-corrected chi connectivity index (χ3v) is 4.42. The second kappa shape index (κ2) is 4.62. The second-order valence-electron chi connectivity index (χ2n) is 6.43. The predicted molar refractivity (Wildman–Crippen MR) is 80.7 cm³/mol. The van der Waals surface area contributed by atoms with E-state index in [2.05, 4.69) is 60.2 Å². The van der Waals surface area contributed by atoms with Crippen molar-refractivity contribution in [1.82, 2.24) is 15.0 Å². The molecule has 0 N–H and O–H groups in total. The van der Waals surface area contributed by atoms with E-state index in [-0.39, 0.29) is 5.41 Å². The molecule has 4 heteroatoms. The Kier molecular flexibility index (Phi) is 3.04. The van der Waals surface area contributed by atoms with Gasteiger partial charge in [0.15, 0.2) is 0 Å². The van der Waals surface area contributed by atoms with Gasteiger partial charge in [0.05, 0.1) is 18.4 Å². The first kappa shape index (κ1) is 13.2. The minimum Gasteiger partial charge on any atom is -0.363 e. The monoisotopic (exact) mass is 270 g/mol. The highest BCUT2D eigenvalue weighted by Crippen LogP contribution is 2.42. The Morgan fingerprint density at radius 1 is 1.30 bits per heavy atom. The van der Waals surface area contributed by atoms with Crippen LogP contribution in [-0.2, 0) is 19.0 Å². The molecule has 0 fully saturated rings. The molecule has 0 radical (unpaired) electrons. The van der Waals surface area contributed by atoms with E-state index < -0.39 is 0 Å². The number of nitrogens with zero attached hydrogens (tertiary/aromatic N) is 4. The molecule has 20 heavy (non-hydrogen) atoms. The summed E-state index contributed by atoms with van der Waals surface area (Å²) in [5, 5.41) is 8.01. The summed E-state index contributed by atoms with van der Waals surface area (Å²) in [5.74, 6) is 0. The summed E-state index contributed by atoms with van der Waals surface area (Å²) in [6.45, 7) is 7.84. The molecule has 2 aromatic rings. The fourth-order valence-corrected chi connectivity index (χ4v) is 3.36. The Morgan fingerprint density at radius 3 is 2.75 bits per heavy atom. The largest absolute Gasteiger partial charge is 0.363 e. The number of rotatable bonds is 2. The van der Waals surface area contributed by atoms with Crippen molar-refractivity contribution in [3.05, 3.63) is 41.7 Å². The summed E-state index contributed by atoms with van der Waals surface area (Å²) in [4.78, 5) is 2.47. The van der Waals surface area contributed by atoms with E-state index in [1.807, 2.05) is 17.9 Å². The summed E-state index contributed by atoms with van der Waals surface area (Å²) in [5.41, 5.74) is 4.16. The van der Waals surface area contributed by atoms with Gasteiger partial charge >= 0.3 is 0 Å². The molecule has 1 aromatic heterocycles. The topological polar surface area (TPSA) is 34.0 Å². The van der Waals surface area contributed by atoms with Crippen LogP contribution in [0.25, 0.3) is 0 Å². The average molecular weight is 270 g/mol. The molecular formula is C16H22N4. The third-order valence-electron chi connectivity index (χ3n) is 4.42. The maximum atomic E-state index is 4.03. The molecule has 4 nitrogen and oxygen atoms in total. The normalized spacial score (nSPS) is 20.8. The highest BCUT2D eigenvalue weighted by atomic mass is 15.4. The lowest BCUT2D eigenvalue weighted by Gasteiger charge is -2.44. The Bertz CT molecular complexity index is 614. The maximum Gasteiger partial charge on any atom is 0.0777 e. The molecule has 0 bridgehead atoms. The first-order chi connectivity index (χ1) is 9.49. The van der Waals surface area contributed by atoms with Crippen LogP contribution in [-0.4, -0.2) is 21.0 Å². The van der Waals surface area contributed by atoms with E-state index in [1.165, 1.54) is 11.3 Å². The van der Waals surface area contributed by atoms with Crippen LogP contribution in [0.2, 0.25) is 0 Å². The molecule has 1 atom stereocenters. The Balaban J connectivity index is 2.01. The Hall–Kier alpha value is -1.84. The molecule has 0 unspecified atom stereocenters. The second-order valence-corrected chi connectivity index (χ2v) is 6.43. The summed E-state index contributed by atoms with van der Waals surface area (Å²) in [6.07, 6.45) is 3.02. The molecular weight excluding hydrogens is 248 g/mol. The summed E-state index contributed by atoms with van der Waals surface area (Å²) in [6, 6.07) is 9.27. The van der Waals surface area contributed by atoms with Crippen LogP contribution in [0.5, 0.6) is 0 Å². The number of hydrogen-bond acceptors (Lipinski definition) is 3. The first-order valence-corrected chi connectivity index (χ1v) is 7.19. The van der Waals surface area contributed by atoms with Crippen molar-refractivity contribution in [3.63, 3.8) is 0 Å². The van der Waals surface area contributed by atoms with Crippen LogP contribution in [0.3, 0.4) is 0 Å². The molecule has 1 aliphatic rings. The predicted octanol–water partition coefficient (Wildman–Crippen LogP) is 2.89. The van der Waals surface area contributed by atoms with Gasteiger partial charge in [-0.3, -0.25) is 4.68 Å². The fraction of sp³-hybridized carbons (Fsp3) is 0.500. The standard InChI is InChI=1S/C16H22N4/c1-12-9-16(2,3)14-7-5-6-8-15(14)20(12)11-13-10-17-18-19(13)4/h5-8,10,12H,9,11H2,1-4H3/t12-/m0/s1. The van der Waals surface area contributed by atoms with Gasteiger partial charge in [-0.1, -0.05) is 37.3 Å². The van der Waals surface area contributed by atoms with E-state index in [1.54, 1.807) is 0 Å². The fourth-order valence-electron chi connectivity index (χ4n) is 3.36. The summed E-state index contributed by atoms with van der Waals surface area (Å²) >= 11 is 0. The zero-order chi connectivity index (χ0) is 14.3. The highest BCUT2D eigenvalue weighted by Gasteiger charge is 2.35. The maximum absolute atomic E-state index is 4.03. The molecule has 1 aliphatic heterocycles. The van der Waals surface area contributed by atoms with Crippen molar-refractivity contribution in [3.8, 4) is 0 Å². The SMILES string of the molecule is C[C@H]1CC(C)(C)c2ccccc2N1Cc1cnnn1C. The van der Waals surface area contributed by atoms with Gasteiger partial charge in [-0.25, -0.2) is 0 Å². The molecule has 1 aromatic carbocycles. The number of anilines is 1. The van der Waals surface area contributed by atoms with Crippen LogP contribution < -0.4 is 4.90 Å². The minimum absolute atomic E-state index is 0.233. The molecule has 2 heterocycles.